The summed E-state index contributed by atoms with van der Waals surface area (Å²) in [5, 5.41) is 2.54. The monoisotopic (exact) mass is 334 g/mol. The van der Waals surface area contributed by atoms with Gasteiger partial charge in [0.2, 0.25) is 15.9 Å². The molecular formula is C14H20F2N2O3S. The van der Waals surface area contributed by atoms with Crippen LogP contribution in [0.25, 0.3) is 0 Å². The average molecular weight is 334 g/mol. The minimum Gasteiger partial charge on any atom is -0.354 e. The quantitative estimate of drug-likeness (QED) is 0.828. The highest BCUT2D eigenvalue weighted by molar-refractivity contribution is 7.92. The van der Waals surface area contributed by atoms with Crippen LogP contribution in [-0.2, 0) is 14.8 Å². The van der Waals surface area contributed by atoms with Gasteiger partial charge in [-0.15, -0.1) is 0 Å². The SMILES string of the molecule is CC(C)CC(=O)NCCN(c1c(F)cccc1F)S(C)(=O)=O. The van der Waals surface area contributed by atoms with Gasteiger partial charge in [-0.1, -0.05) is 19.9 Å². The van der Waals surface area contributed by atoms with Crippen molar-refractivity contribution in [3.63, 3.8) is 0 Å². The smallest absolute Gasteiger partial charge is 0.232 e. The lowest BCUT2D eigenvalue weighted by Crippen LogP contribution is -2.39. The maximum atomic E-state index is 13.8. The van der Waals surface area contributed by atoms with E-state index in [-0.39, 0.29) is 24.9 Å². The van der Waals surface area contributed by atoms with E-state index in [1.807, 2.05) is 13.8 Å². The van der Waals surface area contributed by atoms with Gasteiger partial charge in [-0.05, 0) is 18.1 Å². The van der Waals surface area contributed by atoms with Crippen molar-refractivity contribution in [3.05, 3.63) is 29.8 Å². The molecule has 124 valence electrons. The highest BCUT2D eigenvalue weighted by atomic mass is 32.2. The van der Waals surface area contributed by atoms with E-state index in [0.29, 0.717) is 10.7 Å². The first-order valence-corrected chi connectivity index (χ1v) is 8.66. The van der Waals surface area contributed by atoms with E-state index in [4.69, 9.17) is 0 Å². The third-order valence-electron chi connectivity index (χ3n) is 2.82. The summed E-state index contributed by atoms with van der Waals surface area (Å²) in [4.78, 5) is 11.5. The molecule has 0 aromatic heterocycles. The van der Waals surface area contributed by atoms with Gasteiger partial charge in [0.05, 0.1) is 12.8 Å². The maximum Gasteiger partial charge on any atom is 0.232 e. The average Bonchev–Trinajstić information content (AvgIpc) is 2.34. The van der Waals surface area contributed by atoms with Crippen LogP contribution in [0.1, 0.15) is 20.3 Å². The van der Waals surface area contributed by atoms with Gasteiger partial charge in [0.1, 0.15) is 5.69 Å². The van der Waals surface area contributed by atoms with Crippen molar-refractivity contribution >= 4 is 21.6 Å². The summed E-state index contributed by atoms with van der Waals surface area (Å²) in [5.74, 6) is -2.02. The van der Waals surface area contributed by atoms with Crippen molar-refractivity contribution in [2.45, 2.75) is 20.3 Å². The standard InChI is InChI=1S/C14H20F2N2O3S/c1-10(2)9-13(19)17-7-8-18(22(3,20)21)14-11(15)5-4-6-12(14)16/h4-6,10H,7-9H2,1-3H3,(H,17,19). The first-order valence-electron chi connectivity index (χ1n) is 6.81. The summed E-state index contributed by atoms with van der Waals surface area (Å²) >= 11 is 0. The Balaban J connectivity index is 2.87. The van der Waals surface area contributed by atoms with Crippen molar-refractivity contribution in [3.8, 4) is 0 Å². The highest BCUT2D eigenvalue weighted by Crippen LogP contribution is 2.24. The minimum absolute atomic E-state index is 0.0353. The maximum absolute atomic E-state index is 13.8. The molecule has 0 aliphatic heterocycles. The van der Waals surface area contributed by atoms with E-state index in [9.17, 15) is 22.0 Å². The molecule has 0 aliphatic rings. The fourth-order valence-electron chi connectivity index (χ4n) is 1.91. The molecule has 0 atom stereocenters. The van der Waals surface area contributed by atoms with Crippen molar-refractivity contribution in [2.75, 3.05) is 23.7 Å². The van der Waals surface area contributed by atoms with Crippen LogP contribution in [0.3, 0.4) is 0 Å². The van der Waals surface area contributed by atoms with Crippen LogP contribution in [0.2, 0.25) is 0 Å². The zero-order chi connectivity index (χ0) is 16.9. The Bertz CT molecular complexity index is 613. The topological polar surface area (TPSA) is 66.5 Å². The molecule has 0 unspecified atom stereocenters. The molecule has 1 amide bonds. The third-order valence-corrected chi connectivity index (χ3v) is 3.98. The van der Waals surface area contributed by atoms with Crippen LogP contribution in [0.4, 0.5) is 14.5 Å². The van der Waals surface area contributed by atoms with Gasteiger partial charge in [0.15, 0.2) is 11.6 Å². The molecule has 5 nitrogen and oxygen atoms in total. The molecule has 1 N–H and O–H groups in total. The van der Waals surface area contributed by atoms with Crippen molar-refractivity contribution in [1.29, 1.82) is 0 Å². The molecule has 0 fully saturated rings. The van der Waals surface area contributed by atoms with Gasteiger partial charge in [-0.2, -0.15) is 0 Å². The lowest BCUT2D eigenvalue weighted by atomic mass is 10.1. The molecule has 0 heterocycles. The number of benzene rings is 1. The molecule has 1 aromatic rings. The zero-order valence-corrected chi connectivity index (χ0v) is 13.6. The molecule has 8 heteroatoms. The normalized spacial score (nSPS) is 11.5. The van der Waals surface area contributed by atoms with Crippen LogP contribution in [-0.4, -0.2) is 33.7 Å². The number of anilines is 1. The number of rotatable bonds is 7. The Kier molecular flexibility index (Phi) is 6.28. The predicted molar refractivity (Wildman–Crippen MR) is 81.0 cm³/mol. The molecule has 22 heavy (non-hydrogen) atoms. The molecule has 0 bridgehead atoms. The molecule has 0 saturated heterocycles. The summed E-state index contributed by atoms with van der Waals surface area (Å²) in [6.07, 6.45) is 1.15. The van der Waals surface area contributed by atoms with Crippen LogP contribution >= 0.6 is 0 Å². The molecule has 0 saturated carbocycles. The Labute approximate surface area is 129 Å². The summed E-state index contributed by atoms with van der Waals surface area (Å²) in [5.41, 5.74) is -0.636. The zero-order valence-electron chi connectivity index (χ0n) is 12.8. The Morgan fingerprint density at radius 3 is 2.27 bits per heavy atom. The summed E-state index contributed by atoms with van der Waals surface area (Å²) in [6, 6.07) is 3.11. The van der Waals surface area contributed by atoms with Crippen molar-refractivity contribution < 1.29 is 22.0 Å². The van der Waals surface area contributed by atoms with Crippen molar-refractivity contribution in [1.82, 2.24) is 5.32 Å². The van der Waals surface area contributed by atoms with E-state index < -0.39 is 27.3 Å². The number of para-hydroxylation sites is 1. The fourth-order valence-corrected chi connectivity index (χ4v) is 2.84. The molecule has 0 radical (unpaired) electrons. The van der Waals surface area contributed by atoms with Crippen LogP contribution < -0.4 is 9.62 Å². The number of hydrogen-bond acceptors (Lipinski definition) is 3. The number of nitrogens with zero attached hydrogens (tertiary/aromatic N) is 1. The number of sulfonamides is 1. The van der Waals surface area contributed by atoms with E-state index in [2.05, 4.69) is 5.32 Å². The Morgan fingerprint density at radius 1 is 1.27 bits per heavy atom. The number of halogens is 2. The number of amides is 1. The lowest BCUT2D eigenvalue weighted by molar-refractivity contribution is -0.121. The van der Waals surface area contributed by atoms with Gasteiger partial charge < -0.3 is 5.32 Å². The molecule has 0 aliphatic carbocycles. The second-order valence-electron chi connectivity index (χ2n) is 5.35. The summed E-state index contributed by atoms with van der Waals surface area (Å²) < 4.78 is 51.7. The van der Waals surface area contributed by atoms with Crippen LogP contribution in [0.5, 0.6) is 0 Å². The van der Waals surface area contributed by atoms with Crippen molar-refractivity contribution in [2.24, 2.45) is 5.92 Å². The van der Waals surface area contributed by atoms with E-state index in [1.165, 1.54) is 0 Å². The predicted octanol–water partition coefficient (Wildman–Crippen LogP) is 1.89. The fraction of sp³-hybridized carbons (Fsp3) is 0.500. The molecular weight excluding hydrogens is 314 g/mol. The van der Waals surface area contributed by atoms with E-state index >= 15 is 0 Å². The summed E-state index contributed by atoms with van der Waals surface area (Å²) in [7, 11) is -3.88. The molecule has 0 spiro atoms. The minimum atomic E-state index is -3.88. The number of carbonyl (C=O) groups is 1. The van der Waals surface area contributed by atoms with Crippen LogP contribution in [0, 0.1) is 17.6 Å². The number of hydrogen-bond donors (Lipinski definition) is 1. The Hall–Kier alpha value is -1.70. The van der Waals surface area contributed by atoms with E-state index in [1.54, 1.807) is 0 Å². The second-order valence-corrected chi connectivity index (χ2v) is 7.26. The molecule has 1 rings (SSSR count). The van der Waals surface area contributed by atoms with Gasteiger partial charge in [-0.3, -0.25) is 9.10 Å². The number of nitrogens with one attached hydrogen (secondary N) is 1. The largest absolute Gasteiger partial charge is 0.354 e. The lowest BCUT2D eigenvalue weighted by Gasteiger charge is -2.23. The first kappa shape index (κ1) is 18.3. The number of carbonyl (C=O) groups excluding carboxylic acids is 1. The van der Waals surface area contributed by atoms with Gasteiger partial charge in [0.25, 0.3) is 0 Å². The molecule has 1 aromatic carbocycles. The van der Waals surface area contributed by atoms with Gasteiger partial charge in [-0.25, -0.2) is 17.2 Å². The summed E-state index contributed by atoms with van der Waals surface area (Å²) in [6.45, 7) is 3.46. The second kappa shape index (κ2) is 7.53. The third kappa shape index (κ3) is 5.25. The van der Waals surface area contributed by atoms with E-state index in [0.717, 1.165) is 24.5 Å². The van der Waals surface area contributed by atoms with Crippen LogP contribution in [0.15, 0.2) is 18.2 Å². The first-order chi connectivity index (χ1) is 10.1. The van der Waals surface area contributed by atoms with Gasteiger partial charge in [0, 0.05) is 13.0 Å². The Morgan fingerprint density at radius 2 is 1.82 bits per heavy atom. The highest BCUT2D eigenvalue weighted by Gasteiger charge is 2.24. The van der Waals surface area contributed by atoms with Gasteiger partial charge >= 0.3 is 0 Å².